The molecular weight excluding hydrogens is 380 g/mol. The van der Waals surface area contributed by atoms with Crippen LogP contribution in [0.25, 0.3) is 0 Å². The van der Waals surface area contributed by atoms with E-state index < -0.39 is 0 Å². The predicted octanol–water partition coefficient (Wildman–Crippen LogP) is 5.18. The third-order valence-electron chi connectivity index (χ3n) is 3.38. The lowest BCUT2D eigenvalue weighted by molar-refractivity contribution is -0.117. The highest BCUT2D eigenvalue weighted by Crippen LogP contribution is 2.19. The smallest absolute Gasteiger partial charge is 0.141 e. The molecule has 0 bridgehead atoms. The van der Waals surface area contributed by atoms with Crippen LogP contribution >= 0.6 is 31.9 Å². The van der Waals surface area contributed by atoms with Gasteiger partial charge >= 0.3 is 0 Å². The fourth-order valence-corrected chi connectivity index (χ4v) is 3.15. The standard InChI is InChI=1S/C17H16Br2O/c1-11-7-15(18)5-3-13(11)9-17(20)10-14-4-6-16(19)8-12(14)2/h3-8H,9-10H2,1-2H3. The molecule has 3 heteroatoms. The maximum Gasteiger partial charge on any atom is 0.141 e. The van der Waals surface area contributed by atoms with E-state index in [9.17, 15) is 4.79 Å². The summed E-state index contributed by atoms with van der Waals surface area (Å²) < 4.78 is 2.10. The number of rotatable bonds is 4. The zero-order valence-corrected chi connectivity index (χ0v) is 14.7. The number of hydrogen-bond donors (Lipinski definition) is 0. The number of benzene rings is 2. The summed E-state index contributed by atoms with van der Waals surface area (Å²) in [5.41, 5.74) is 4.52. The molecule has 2 aromatic carbocycles. The van der Waals surface area contributed by atoms with E-state index in [2.05, 4.69) is 31.9 Å². The highest BCUT2D eigenvalue weighted by atomic mass is 79.9. The van der Waals surface area contributed by atoms with Gasteiger partial charge in [-0.1, -0.05) is 44.0 Å². The second-order valence-corrected chi connectivity index (χ2v) is 6.87. The summed E-state index contributed by atoms with van der Waals surface area (Å²) in [7, 11) is 0. The lowest BCUT2D eigenvalue weighted by atomic mass is 9.97. The van der Waals surface area contributed by atoms with Gasteiger partial charge in [0.2, 0.25) is 0 Å². The average Bonchev–Trinajstić information content (AvgIpc) is 2.36. The molecule has 0 aliphatic heterocycles. The number of Topliss-reactive ketones (excluding diaryl/α,β-unsaturated/α-hetero) is 1. The molecule has 0 aliphatic rings. The fraction of sp³-hybridized carbons (Fsp3) is 0.235. The van der Waals surface area contributed by atoms with Crippen LogP contribution in [0.3, 0.4) is 0 Å². The lowest BCUT2D eigenvalue weighted by Crippen LogP contribution is -2.08. The minimum Gasteiger partial charge on any atom is -0.299 e. The number of carbonyl (C=O) groups is 1. The van der Waals surface area contributed by atoms with Crippen molar-refractivity contribution < 1.29 is 4.79 Å². The largest absolute Gasteiger partial charge is 0.299 e. The SMILES string of the molecule is Cc1cc(Br)ccc1CC(=O)Cc1ccc(Br)cc1C. The molecule has 1 nitrogen and oxygen atoms in total. The third kappa shape index (κ3) is 4.03. The molecule has 0 saturated carbocycles. The topological polar surface area (TPSA) is 17.1 Å². The lowest BCUT2D eigenvalue weighted by Gasteiger charge is -2.08. The van der Waals surface area contributed by atoms with Gasteiger partial charge in [0.05, 0.1) is 0 Å². The summed E-state index contributed by atoms with van der Waals surface area (Å²) in [5, 5.41) is 0. The van der Waals surface area contributed by atoms with E-state index in [4.69, 9.17) is 0 Å². The Labute approximate surface area is 136 Å². The van der Waals surface area contributed by atoms with Gasteiger partial charge in [-0.2, -0.15) is 0 Å². The quantitative estimate of drug-likeness (QED) is 0.696. The molecule has 0 radical (unpaired) electrons. The first-order valence-electron chi connectivity index (χ1n) is 6.47. The number of hydrogen-bond acceptors (Lipinski definition) is 1. The van der Waals surface area contributed by atoms with E-state index in [0.29, 0.717) is 12.8 Å². The summed E-state index contributed by atoms with van der Waals surface area (Å²) >= 11 is 6.89. The van der Waals surface area contributed by atoms with Crippen LogP contribution in [0, 0.1) is 13.8 Å². The molecule has 0 amide bonds. The van der Waals surface area contributed by atoms with Crippen molar-refractivity contribution in [2.45, 2.75) is 26.7 Å². The highest BCUT2D eigenvalue weighted by molar-refractivity contribution is 9.10. The molecule has 0 aromatic heterocycles. The van der Waals surface area contributed by atoms with Gasteiger partial charge in [-0.15, -0.1) is 0 Å². The Balaban J connectivity index is 2.09. The van der Waals surface area contributed by atoms with Crippen molar-refractivity contribution in [2.24, 2.45) is 0 Å². The minimum absolute atomic E-state index is 0.251. The first kappa shape index (κ1) is 15.5. The van der Waals surface area contributed by atoms with E-state index in [-0.39, 0.29) is 5.78 Å². The summed E-state index contributed by atoms with van der Waals surface area (Å²) in [6.45, 7) is 4.08. The molecule has 0 saturated heterocycles. The number of ketones is 1. The van der Waals surface area contributed by atoms with E-state index >= 15 is 0 Å². The van der Waals surface area contributed by atoms with Gasteiger partial charge < -0.3 is 0 Å². The van der Waals surface area contributed by atoms with Crippen LogP contribution in [-0.4, -0.2) is 5.78 Å². The molecular formula is C17H16Br2O. The van der Waals surface area contributed by atoms with Gasteiger partial charge in [0.15, 0.2) is 0 Å². The van der Waals surface area contributed by atoms with Gasteiger partial charge in [0, 0.05) is 21.8 Å². The second-order valence-electron chi connectivity index (χ2n) is 5.03. The van der Waals surface area contributed by atoms with E-state index in [1.54, 1.807) is 0 Å². The second kappa shape index (κ2) is 6.68. The molecule has 0 spiro atoms. The van der Waals surface area contributed by atoms with Crippen LogP contribution in [0.5, 0.6) is 0 Å². The van der Waals surface area contributed by atoms with Crippen molar-refractivity contribution in [2.75, 3.05) is 0 Å². The molecule has 2 rings (SSSR count). The molecule has 0 unspecified atom stereocenters. The fourth-order valence-electron chi connectivity index (χ4n) is 2.20. The monoisotopic (exact) mass is 394 g/mol. The minimum atomic E-state index is 0.251. The van der Waals surface area contributed by atoms with Crippen LogP contribution in [0.1, 0.15) is 22.3 Å². The molecule has 2 aromatic rings. The zero-order valence-electron chi connectivity index (χ0n) is 11.5. The Hall–Kier alpha value is -0.930. The Kier molecular flexibility index (Phi) is 5.17. The number of halogens is 2. The normalized spacial score (nSPS) is 10.6. The highest BCUT2D eigenvalue weighted by Gasteiger charge is 2.09. The zero-order chi connectivity index (χ0) is 14.7. The Bertz CT molecular complexity index is 592. The van der Waals surface area contributed by atoms with Gasteiger partial charge in [0.25, 0.3) is 0 Å². The van der Waals surface area contributed by atoms with Crippen molar-refractivity contribution in [3.05, 3.63) is 67.6 Å². The van der Waals surface area contributed by atoms with E-state index in [1.807, 2.05) is 50.2 Å². The van der Waals surface area contributed by atoms with Crippen molar-refractivity contribution in [1.82, 2.24) is 0 Å². The van der Waals surface area contributed by atoms with Gasteiger partial charge in [-0.3, -0.25) is 4.79 Å². The number of aryl methyl sites for hydroxylation is 2. The van der Waals surface area contributed by atoms with Gasteiger partial charge in [-0.25, -0.2) is 0 Å². The van der Waals surface area contributed by atoms with Crippen LogP contribution < -0.4 is 0 Å². The summed E-state index contributed by atoms with van der Waals surface area (Å²) in [6, 6.07) is 12.1. The van der Waals surface area contributed by atoms with E-state index in [1.165, 1.54) is 0 Å². The van der Waals surface area contributed by atoms with E-state index in [0.717, 1.165) is 31.2 Å². The van der Waals surface area contributed by atoms with Gasteiger partial charge in [-0.05, 0) is 60.4 Å². The third-order valence-corrected chi connectivity index (χ3v) is 4.37. The molecule has 0 aliphatic carbocycles. The predicted molar refractivity (Wildman–Crippen MR) is 90.2 cm³/mol. The molecule has 0 heterocycles. The Morgan fingerprint density at radius 2 is 1.25 bits per heavy atom. The molecule has 0 N–H and O–H groups in total. The molecule has 0 atom stereocenters. The van der Waals surface area contributed by atoms with Crippen molar-refractivity contribution in [3.63, 3.8) is 0 Å². The summed E-state index contributed by atoms with van der Waals surface area (Å²) in [5.74, 6) is 0.251. The average molecular weight is 396 g/mol. The van der Waals surface area contributed by atoms with Crippen molar-refractivity contribution in [1.29, 1.82) is 0 Å². The molecule has 0 fully saturated rings. The maximum absolute atomic E-state index is 12.2. The first-order valence-corrected chi connectivity index (χ1v) is 8.06. The summed E-state index contributed by atoms with van der Waals surface area (Å²) in [4.78, 5) is 12.2. The van der Waals surface area contributed by atoms with Crippen molar-refractivity contribution >= 4 is 37.6 Å². The van der Waals surface area contributed by atoms with Crippen LogP contribution in [0.2, 0.25) is 0 Å². The maximum atomic E-state index is 12.2. The van der Waals surface area contributed by atoms with Crippen LogP contribution in [0.4, 0.5) is 0 Å². The van der Waals surface area contributed by atoms with Crippen LogP contribution in [0.15, 0.2) is 45.3 Å². The Morgan fingerprint density at radius 1 is 0.850 bits per heavy atom. The van der Waals surface area contributed by atoms with Crippen LogP contribution in [-0.2, 0) is 17.6 Å². The first-order chi connectivity index (χ1) is 9.45. The number of carbonyl (C=O) groups excluding carboxylic acids is 1. The van der Waals surface area contributed by atoms with Crippen molar-refractivity contribution in [3.8, 4) is 0 Å². The Morgan fingerprint density at radius 3 is 1.60 bits per heavy atom. The molecule has 20 heavy (non-hydrogen) atoms. The van der Waals surface area contributed by atoms with Gasteiger partial charge in [0.1, 0.15) is 5.78 Å². The summed E-state index contributed by atoms with van der Waals surface area (Å²) in [6.07, 6.45) is 0.989. The molecule has 104 valence electrons.